The molecule has 9 heteroatoms. The van der Waals surface area contributed by atoms with Gasteiger partial charge in [0, 0.05) is 27.8 Å². The topological polar surface area (TPSA) is 127 Å². The molecule has 1 spiro atoms. The zero-order chi connectivity index (χ0) is 25.4. The first-order chi connectivity index (χ1) is 17.4. The van der Waals surface area contributed by atoms with Crippen molar-refractivity contribution in [1.82, 2.24) is 5.32 Å². The maximum absolute atomic E-state index is 13.2. The number of hydrogen-bond donors (Lipinski definition) is 2. The van der Waals surface area contributed by atoms with Crippen LogP contribution < -0.4 is 20.1 Å². The number of carbonyl (C=O) groups excluding carboxylic acids is 1. The van der Waals surface area contributed by atoms with E-state index in [2.05, 4.69) is 16.7 Å². The lowest BCUT2D eigenvalue weighted by molar-refractivity contribution is -0.532. The second kappa shape index (κ2) is 8.98. The SMILES string of the molecule is COc1cc([C@@H]2[C@H](C)N[C@@]3(C(=O)Nc4ccccc43)[C@@H]2[N+](=O)[O-])ccc1OCc1ccccc1C#N. The molecular weight excluding hydrogens is 460 g/mol. The summed E-state index contributed by atoms with van der Waals surface area (Å²) in [4.78, 5) is 25.3. The summed E-state index contributed by atoms with van der Waals surface area (Å²) in [7, 11) is 1.50. The standard InChI is InChI=1S/C27H24N4O5/c1-16-24(25(31(33)34)27(30-16)20-9-5-6-10-21(20)29-26(27)32)17-11-12-22(23(13-17)35-2)36-15-19-8-4-3-7-18(19)14-28/h3-13,16,24-25,30H,15H2,1-2H3,(H,29,32)/t16-,24-,25+,27+/m0/s1. The number of nitriles is 1. The third-order valence-electron chi connectivity index (χ3n) is 7.06. The van der Waals surface area contributed by atoms with Crippen LogP contribution in [0.2, 0.25) is 0 Å². The number of ether oxygens (including phenoxy) is 2. The number of nitrogens with zero attached hydrogens (tertiary/aromatic N) is 2. The molecule has 0 bridgehead atoms. The number of amides is 1. The number of para-hydroxylation sites is 1. The van der Waals surface area contributed by atoms with Gasteiger partial charge in [0.25, 0.3) is 11.9 Å². The fourth-order valence-electron chi connectivity index (χ4n) is 5.47. The Bertz CT molecular complexity index is 1400. The van der Waals surface area contributed by atoms with E-state index in [1.54, 1.807) is 54.6 Å². The second-order valence-electron chi connectivity index (χ2n) is 8.96. The van der Waals surface area contributed by atoms with Crippen molar-refractivity contribution in [2.75, 3.05) is 12.4 Å². The molecule has 2 aliphatic heterocycles. The van der Waals surface area contributed by atoms with E-state index in [1.165, 1.54) is 7.11 Å². The van der Waals surface area contributed by atoms with Gasteiger partial charge in [-0.05, 0) is 36.8 Å². The normalized spacial score (nSPS) is 24.1. The Balaban J connectivity index is 1.49. The van der Waals surface area contributed by atoms with Crippen LogP contribution in [0.1, 0.15) is 35.1 Å². The minimum absolute atomic E-state index is 0.165. The van der Waals surface area contributed by atoms with E-state index >= 15 is 0 Å². The molecular formula is C27H24N4O5. The molecule has 0 unspecified atom stereocenters. The van der Waals surface area contributed by atoms with Gasteiger partial charge in [0.15, 0.2) is 17.0 Å². The smallest absolute Gasteiger partial charge is 0.256 e. The number of carbonyl (C=O) groups is 1. The predicted octanol–water partition coefficient (Wildman–Crippen LogP) is 3.71. The van der Waals surface area contributed by atoms with Crippen molar-refractivity contribution in [2.24, 2.45) is 0 Å². The highest BCUT2D eigenvalue weighted by molar-refractivity contribution is 6.07. The molecule has 2 aliphatic rings. The Morgan fingerprint density at radius 2 is 1.86 bits per heavy atom. The summed E-state index contributed by atoms with van der Waals surface area (Å²) < 4.78 is 11.5. The van der Waals surface area contributed by atoms with Crippen molar-refractivity contribution < 1.29 is 19.2 Å². The molecule has 36 heavy (non-hydrogen) atoms. The van der Waals surface area contributed by atoms with Gasteiger partial charge in [0.2, 0.25) is 0 Å². The Hall–Kier alpha value is -4.42. The molecule has 2 N–H and O–H groups in total. The number of hydrogen-bond acceptors (Lipinski definition) is 7. The van der Waals surface area contributed by atoms with Crippen LogP contribution >= 0.6 is 0 Å². The maximum atomic E-state index is 13.2. The van der Waals surface area contributed by atoms with Crippen molar-refractivity contribution >= 4 is 11.6 Å². The number of nitrogens with one attached hydrogen (secondary N) is 2. The van der Waals surface area contributed by atoms with Gasteiger partial charge in [-0.15, -0.1) is 0 Å². The zero-order valence-corrected chi connectivity index (χ0v) is 19.7. The second-order valence-corrected chi connectivity index (χ2v) is 8.96. The molecule has 182 valence electrons. The summed E-state index contributed by atoms with van der Waals surface area (Å²) in [6.45, 7) is 2.01. The van der Waals surface area contributed by atoms with Crippen LogP contribution in [0.15, 0.2) is 66.7 Å². The summed E-state index contributed by atoms with van der Waals surface area (Å²) >= 11 is 0. The van der Waals surface area contributed by atoms with E-state index in [4.69, 9.17) is 9.47 Å². The predicted molar refractivity (Wildman–Crippen MR) is 131 cm³/mol. The Labute approximate surface area is 207 Å². The Morgan fingerprint density at radius 3 is 2.61 bits per heavy atom. The molecule has 4 atom stereocenters. The highest BCUT2D eigenvalue weighted by Crippen LogP contribution is 2.50. The lowest BCUT2D eigenvalue weighted by atomic mass is 9.78. The van der Waals surface area contributed by atoms with Crippen molar-refractivity contribution in [1.29, 1.82) is 5.26 Å². The average Bonchev–Trinajstić information content (AvgIpc) is 3.36. The van der Waals surface area contributed by atoms with Crippen molar-refractivity contribution in [3.8, 4) is 17.6 Å². The van der Waals surface area contributed by atoms with Gasteiger partial charge in [-0.3, -0.25) is 20.2 Å². The van der Waals surface area contributed by atoms with E-state index in [-0.39, 0.29) is 17.6 Å². The van der Waals surface area contributed by atoms with Gasteiger partial charge in [-0.25, -0.2) is 0 Å². The molecule has 2 heterocycles. The number of anilines is 1. The molecule has 5 rings (SSSR count). The van der Waals surface area contributed by atoms with E-state index < -0.39 is 23.4 Å². The first-order valence-electron chi connectivity index (χ1n) is 11.5. The zero-order valence-electron chi connectivity index (χ0n) is 19.7. The molecule has 9 nitrogen and oxygen atoms in total. The minimum atomic E-state index is -1.48. The number of rotatable bonds is 6. The van der Waals surface area contributed by atoms with Gasteiger partial charge in [0.1, 0.15) is 6.61 Å². The van der Waals surface area contributed by atoms with Crippen molar-refractivity contribution in [3.05, 3.63) is 99.1 Å². The van der Waals surface area contributed by atoms with Gasteiger partial charge < -0.3 is 14.8 Å². The van der Waals surface area contributed by atoms with Crippen LogP contribution in [0.3, 0.4) is 0 Å². The van der Waals surface area contributed by atoms with Crippen LogP contribution in [-0.2, 0) is 16.9 Å². The number of benzene rings is 3. The van der Waals surface area contributed by atoms with Crippen LogP contribution in [0.5, 0.6) is 11.5 Å². The summed E-state index contributed by atoms with van der Waals surface area (Å²) in [5.41, 5.74) is 1.59. The van der Waals surface area contributed by atoms with Gasteiger partial charge >= 0.3 is 0 Å². The number of fused-ring (bicyclic) bond motifs is 2. The van der Waals surface area contributed by atoms with Crippen molar-refractivity contribution in [3.63, 3.8) is 0 Å². The highest BCUT2D eigenvalue weighted by Gasteiger charge is 2.67. The molecule has 1 fully saturated rings. The molecule has 0 aliphatic carbocycles. The fourth-order valence-corrected chi connectivity index (χ4v) is 5.47. The van der Waals surface area contributed by atoms with Crippen LogP contribution in [0, 0.1) is 21.4 Å². The number of methoxy groups -OCH3 is 1. The molecule has 3 aromatic carbocycles. The minimum Gasteiger partial charge on any atom is -0.493 e. The van der Waals surface area contributed by atoms with E-state index in [9.17, 15) is 20.2 Å². The summed E-state index contributed by atoms with van der Waals surface area (Å²) in [6, 6.07) is 19.9. The quantitative estimate of drug-likeness (QED) is 0.403. The van der Waals surface area contributed by atoms with Crippen molar-refractivity contribution in [2.45, 2.75) is 37.1 Å². The first kappa shape index (κ1) is 23.3. The monoisotopic (exact) mass is 484 g/mol. The molecule has 0 radical (unpaired) electrons. The maximum Gasteiger partial charge on any atom is 0.256 e. The van der Waals surface area contributed by atoms with Crippen LogP contribution in [0.4, 0.5) is 5.69 Å². The summed E-state index contributed by atoms with van der Waals surface area (Å²) in [6.07, 6.45) is 0. The van der Waals surface area contributed by atoms with Gasteiger partial charge in [-0.2, -0.15) is 5.26 Å². The summed E-state index contributed by atoms with van der Waals surface area (Å²) in [5, 5.41) is 27.9. The van der Waals surface area contributed by atoms with E-state index in [0.717, 1.165) is 5.56 Å². The average molecular weight is 485 g/mol. The van der Waals surface area contributed by atoms with Crippen LogP contribution in [0.25, 0.3) is 0 Å². The number of nitro groups is 1. The lowest BCUT2D eigenvalue weighted by Gasteiger charge is -2.25. The highest BCUT2D eigenvalue weighted by atomic mass is 16.6. The molecule has 1 saturated heterocycles. The Kier molecular flexibility index (Phi) is 5.82. The first-order valence-corrected chi connectivity index (χ1v) is 11.5. The van der Waals surface area contributed by atoms with Gasteiger partial charge in [0.05, 0.1) is 24.7 Å². The fraction of sp³-hybridized carbons (Fsp3) is 0.259. The van der Waals surface area contributed by atoms with Gasteiger partial charge in [-0.1, -0.05) is 42.5 Å². The molecule has 0 aromatic heterocycles. The largest absolute Gasteiger partial charge is 0.493 e. The molecule has 1 amide bonds. The van der Waals surface area contributed by atoms with E-state index in [0.29, 0.717) is 33.9 Å². The third kappa shape index (κ3) is 3.54. The summed E-state index contributed by atoms with van der Waals surface area (Å²) in [5.74, 6) is -0.181. The Morgan fingerprint density at radius 1 is 1.11 bits per heavy atom. The van der Waals surface area contributed by atoms with E-state index in [1.807, 2.05) is 19.1 Å². The third-order valence-corrected chi connectivity index (χ3v) is 7.06. The molecule has 0 saturated carbocycles. The molecule has 3 aromatic rings. The van der Waals surface area contributed by atoms with Crippen LogP contribution in [-0.4, -0.2) is 30.0 Å². The lowest BCUT2D eigenvalue weighted by Crippen LogP contribution is -2.54.